The van der Waals surface area contributed by atoms with Gasteiger partial charge in [-0.05, 0) is 19.5 Å². The molecule has 1 aromatic carbocycles. The number of rotatable bonds is 6. The number of carboxylic acid groups (broad SMARTS) is 1. The van der Waals surface area contributed by atoms with Gasteiger partial charge in [-0.1, -0.05) is 30.3 Å². The van der Waals surface area contributed by atoms with E-state index < -0.39 is 43.1 Å². The number of alkyl halides is 3. The molecule has 0 radical (unpaired) electrons. The smallest absolute Gasteiger partial charge is 0.394 e. The quantitative estimate of drug-likeness (QED) is 0.786. The summed E-state index contributed by atoms with van der Waals surface area (Å²) in [6, 6.07) is 8.75. The maximum atomic E-state index is 13.0. The number of hydrogen-bond acceptors (Lipinski definition) is 3. The van der Waals surface area contributed by atoms with Gasteiger partial charge in [0.25, 0.3) is 0 Å². The van der Waals surface area contributed by atoms with Crippen LogP contribution in [-0.2, 0) is 11.3 Å². The summed E-state index contributed by atoms with van der Waals surface area (Å²) >= 11 is 0. The Bertz CT molecular complexity index is 654. The summed E-state index contributed by atoms with van der Waals surface area (Å²) in [5, 5.41) is 11.7. The fourth-order valence-corrected chi connectivity index (χ4v) is 3.33. The van der Waals surface area contributed by atoms with Crippen LogP contribution in [0.1, 0.15) is 12.5 Å². The Labute approximate surface area is 155 Å². The highest BCUT2D eigenvalue weighted by Gasteiger charge is 2.53. The number of likely N-dealkylation sites (N-methyl/N-ethyl adjacent to an activating group) is 1. The van der Waals surface area contributed by atoms with Crippen LogP contribution < -0.4 is 5.32 Å². The molecule has 9 heteroatoms. The molecular formula is C18H24F3N3O3. The molecule has 2 N–H and O–H groups in total. The van der Waals surface area contributed by atoms with Gasteiger partial charge in [0.1, 0.15) is 0 Å². The predicted molar refractivity (Wildman–Crippen MR) is 93.0 cm³/mol. The lowest BCUT2D eigenvalue weighted by atomic mass is 9.96. The fraction of sp³-hybridized carbons (Fsp3) is 0.556. The first-order valence-corrected chi connectivity index (χ1v) is 8.65. The van der Waals surface area contributed by atoms with Crippen molar-refractivity contribution in [1.29, 1.82) is 0 Å². The van der Waals surface area contributed by atoms with Gasteiger partial charge in [0, 0.05) is 32.2 Å². The minimum absolute atomic E-state index is 0.306. The van der Waals surface area contributed by atoms with Crippen molar-refractivity contribution in [3.63, 3.8) is 0 Å². The number of likely N-dealkylation sites (tertiary alicyclic amines) is 1. The van der Waals surface area contributed by atoms with E-state index in [-0.39, 0.29) is 6.04 Å². The number of carboxylic acids is 1. The molecule has 1 fully saturated rings. The third kappa shape index (κ3) is 5.85. The molecule has 0 spiro atoms. The van der Waals surface area contributed by atoms with Crippen molar-refractivity contribution in [3.05, 3.63) is 35.9 Å². The number of hydrogen-bond donors (Lipinski definition) is 2. The topological polar surface area (TPSA) is 72.9 Å². The molecule has 3 atom stereocenters. The van der Waals surface area contributed by atoms with Crippen LogP contribution >= 0.6 is 0 Å². The highest BCUT2D eigenvalue weighted by atomic mass is 19.4. The van der Waals surface area contributed by atoms with Gasteiger partial charge in [0.15, 0.2) is 0 Å². The zero-order chi connectivity index (χ0) is 20.2. The van der Waals surface area contributed by atoms with E-state index in [0.29, 0.717) is 13.1 Å². The van der Waals surface area contributed by atoms with Gasteiger partial charge in [-0.2, -0.15) is 13.2 Å². The number of nitrogens with one attached hydrogen (secondary N) is 1. The van der Waals surface area contributed by atoms with Gasteiger partial charge >= 0.3 is 18.2 Å². The van der Waals surface area contributed by atoms with Crippen LogP contribution in [0.15, 0.2) is 30.3 Å². The van der Waals surface area contributed by atoms with E-state index in [1.54, 1.807) is 6.92 Å². The van der Waals surface area contributed by atoms with Crippen LogP contribution in [0.4, 0.5) is 18.0 Å². The van der Waals surface area contributed by atoms with E-state index in [1.807, 2.05) is 42.3 Å². The standard InChI is InChI=1S/C18H24F3N3O3/c1-12(8-23(2)9-13-6-4-3-5-7-13)22-17(27)24-10-14(16(25)26)15(11-24)18(19,20)21/h3-7,12,14-15H,8-11H2,1-2H3,(H,22,27)(H,25,26)/t12-,14-,15-/m1/s1. The SMILES string of the molecule is C[C@H](CN(C)Cc1ccccc1)NC(=O)N1C[C@@H](C(F)(F)F)[C@H](C(=O)O)C1. The van der Waals surface area contributed by atoms with Gasteiger partial charge in [0.2, 0.25) is 0 Å². The van der Waals surface area contributed by atoms with E-state index in [0.717, 1.165) is 10.5 Å². The predicted octanol–water partition coefficient (Wildman–Crippen LogP) is 2.41. The molecule has 1 saturated heterocycles. The average Bonchev–Trinajstić information content (AvgIpc) is 3.01. The highest BCUT2D eigenvalue weighted by molar-refractivity contribution is 5.78. The normalized spacial score (nSPS) is 21.3. The fourth-order valence-electron chi connectivity index (χ4n) is 3.33. The molecule has 1 heterocycles. The Morgan fingerprint density at radius 3 is 2.44 bits per heavy atom. The number of amides is 2. The molecule has 2 amide bonds. The molecule has 6 nitrogen and oxygen atoms in total. The third-order valence-electron chi connectivity index (χ3n) is 4.60. The second-order valence-corrected chi connectivity index (χ2v) is 7.03. The largest absolute Gasteiger partial charge is 0.481 e. The maximum absolute atomic E-state index is 13.0. The molecule has 1 aliphatic heterocycles. The average molecular weight is 387 g/mol. The number of carbonyl (C=O) groups excluding carboxylic acids is 1. The van der Waals surface area contributed by atoms with Crippen molar-refractivity contribution in [2.45, 2.75) is 25.7 Å². The van der Waals surface area contributed by atoms with Gasteiger partial charge in [-0.15, -0.1) is 0 Å². The first-order chi connectivity index (χ1) is 12.6. The molecule has 0 aromatic heterocycles. The summed E-state index contributed by atoms with van der Waals surface area (Å²) < 4.78 is 39.1. The summed E-state index contributed by atoms with van der Waals surface area (Å²) in [5.74, 6) is -5.22. The first-order valence-electron chi connectivity index (χ1n) is 8.65. The molecular weight excluding hydrogens is 363 g/mol. The first kappa shape index (κ1) is 21.0. The van der Waals surface area contributed by atoms with Crippen LogP contribution in [0, 0.1) is 11.8 Å². The van der Waals surface area contributed by atoms with E-state index in [9.17, 15) is 22.8 Å². The number of benzene rings is 1. The molecule has 0 aliphatic carbocycles. The molecule has 0 bridgehead atoms. The number of halogens is 3. The molecule has 27 heavy (non-hydrogen) atoms. The van der Waals surface area contributed by atoms with Crippen molar-refractivity contribution in [2.75, 3.05) is 26.7 Å². The molecule has 0 unspecified atom stereocenters. The van der Waals surface area contributed by atoms with Crippen molar-refractivity contribution in [1.82, 2.24) is 15.1 Å². The molecule has 2 rings (SSSR count). The zero-order valence-corrected chi connectivity index (χ0v) is 15.2. The number of carbonyl (C=O) groups is 2. The van der Waals surface area contributed by atoms with Gasteiger partial charge in [-0.25, -0.2) is 4.79 Å². The summed E-state index contributed by atoms with van der Waals surface area (Å²) in [6.45, 7) is 1.84. The number of nitrogens with zero attached hydrogens (tertiary/aromatic N) is 2. The minimum Gasteiger partial charge on any atom is -0.481 e. The lowest BCUT2D eigenvalue weighted by Crippen LogP contribution is -2.47. The van der Waals surface area contributed by atoms with Crippen LogP contribution in [0.3, 0.4) is 0 Å². The van der Waals surface area contributed by atoms with Crippen molar-refractivity contribution in [3.8, 4) is 0 Å². The molecule has 1 aromatic rings. The Morgan fingerprint density at radius 1 is 1.30 bits per heavy atom. The zero-order valence-electron chi connectivity index (χ0n) is 15.2. The van der Waals surface area contributed by atoms with E-state index >= 15 is 0 Å². The Morgan fingerprint density at radius 2 is 1.93 bits per heavy atom. The number of aliphatic carboxylic acids is 1. The monoisotopic (exact) mass is 387 g/mol. The van der Waals surface area contributed by atoms with Crippen molar-refractivity contribution < 1.29 is 27.9 Å². The van der Waals surface area contributed by atoms with Gasteiger partial charge in [0.05, 0.1) is 11.8 Å². The Kier molecular flexibility index (Phi) is 6.69. The van der Waals surface area contributed by atoms with Gasteiger partial charge < -0.3 is 20.2 Å². The van der Waals surface area contributed by atoms with Crippen molar-refractivity contribution in [2.24, 2.45) is 11.8 Å². The van der Waals surface area contributed by atoms with Crippen LogP contribution in [-0.4, -0.2) is 65.8 Å². The Balaban J connectivity index is 1.87. The summed E-state index contributed by atoms with van der Waals surface area (Å²) in [5.41, 5.74) is 1.11. The lowest BCUT2D eigenvalue weighted by molar-refractivity contribution is -0.187. The van der Waals surface area contributed by atoms with E-state index in [1.165, 1.54) is 0 Å². The van der Waals surface area contributed by atoms with Crippen LogP contribution in [0.2, 0.25) is 0 Å². The lowest BCUT2D eigenvalue weighted by Gasteiger charge is -2.25. The van der Waals surface area contributed by atoms with Gasteiger partial charge in [-0.3, -0.25) is 4.79 Å². The van der Waals surface area contributed by atoms with Crippen LogP contribution in [0.25, 0.3) is 0 Å². The summed E-state index contributed by atoms with van der Waals surface area (Å²) in [4.78, 5) is 26.3. The molecule has 150 valence electrons. The molecule has 1 aliphatic rings. The van der Waals surface area contributed by atoms with Crippen molar-refractivity contribution >= 4 is 12.0 Å². The minimum atomic E-state index is -4.65. The Hall–Kier alpha value is -2.29. The second-order valence-electron chi connectivity index (χ2n) is 7.03. The molecule has 0 saturated carbocycles. The van der Waals surface area contributed by atoms with E-state index in [2.05, 4.69) is 5.32 Å². The summed E-state index contributed by atoms with van der Waals surface area (Å²) in [7, 11) is 1.88. The third-order valence-corrected chi connectivity index (χ3v) is 4.60. The van der Waals surface area contributed by atoms with E-state index in [4.69, 9.17) is 5.11 Å². The number of urea groups is 1. The highest BCUT2D eigenvalue weighted by Crippen LogP contribution is 2.37. The summed E-state index contributed by atoms with van der Waals surface area (Å²) in [6.07, 6.45) is -4.65. The van der Waals surface area contributed by atoms with Crippen LogP contribution in [0.5, 0.6) is 0 Å². The maximum Gasteiger partial charge on any atom is 0.394 e. The second kappa shape index (κ2) is 8.60.